The zero-order chi connectivity index (χ0) is 15.7. The van der Waals surface area contributed by atoms with Gasteiger partial charge in [0.2, 0.25) is 0 Å². The molecule has 0 spiro atoms. The third kappa shape index (κ3) is 5.04. The number of hydrogen-bond acceptors (Lipinski definition) is 4. The van der Waals surface area contributed by atoms with Crippen molar-refractivity contribution in [2.45, 2.75) is 44.4 Å². The molecule has 0 fully saturated rings. The van der Waals surface area contributed by atoms with E-state index in [1.54, 1.807) is 25.1 Å². The number of unbranched alkanes of at least 4 members (excludes halogenated alkanes) is 3. The van der Waals surface area contributed by atoms with Gasteiger partial charge < -0.3 is 4.74 Å². The van der Waals surface area contributed by atoms with Crippen LogP contribution >= 0.6 is 0 Å². The summed E-state index contributed by atoms with van der Waals surface area (Å²) in [7, 11) is -3.85. The van der Waals surface area contributed by atoms with E-state index in [2.05, 4.69) is 6.92 Å². The molecule has 0 heterocycles. The van der Waals surface area contributed by atoms with Crippen molar-refractivity contribution in [1.82, 2.24) is 4.31 Å². The molecule has 0 saturated carbocycles. The summed E-state index contributed by atoms with van der Waals surface area (Å²) in [6.07, 6.45) is 2.78. The van der Waals surface area contributed by atoms with Crippen LogP contribution in [0.5, 0.6) is 0 Å². The van der Waals surface area contributed by atoms with Gasteiger partial charge in [-0.3, -0.25) is 0 Å². The van der Waals surface area contributed by atoms with Crippen molar-refractivity contribution in [3.05, 3.63) is 30.3 Å². The number of sulfonamides is 1. The molecule has 0 aliphatic heterocycles. The van der Waals surface area contributed by atoms with Gasteiger partial charge in [0.25, 0.3) is 10.0 Å². The Bertz CT molecular complexity index is 528. The monoisotopic (exact) mass is 313 g/mol. The normalized spacial score (nSPS) is 11.1. The number of hydrogen-bond donors (Lipinski definition) is 0. The van der Waals surface area contributed by atoms with Crippen molar-refractivity contribution in [3.8, 4) is 0 Å². The number of carbonyl (C=O) groups excluding carboxylic acids is 1. The topological polar surface area (TPSA) is 63.7 Å². The summed E-state index contributed by atoms with van der Waals surface area (Å²) < 4.78 is 30.8. The van der Waals surface area contributed by atoms with E-state index >= 15 is 0 Å². The van der Waals surface area contributed by atoms with Gasteiger partial charge in [0.05, 0.1) is 11.5 Å². The predicted octanol–water partition coefficient (Wildman–Crippen LogP) is 3.41. The zero-order valence-electron chi connectivity index (χ0n) is 12.6. The maximum absolute atomic E-state index is 12.5. The Morgan fingerprint density at radius 1 is 1.10 bits per heavy atom. The van der Waals surface area contributed by atoms with Crippen LogP contribution in [0.3, 0.4) is 0 Å². The molecule has 21 heavy (non-hydrogen) atoms. The van der Waals surface area contributed by atoms with Crippen LogP contribution in [0.2, 0.25) is 0 Å². The Morgan fingerprint density at radius 2 is 1.76 bits per heavy atom. The molecule has 0 atom stereocenters. The molecule has 0 bridgehead atoms. The van der Waals surface area contributed by atoms with E-state index < -0.39 is 16.1 Å². The van der Waals surface area contributed by atoms with Crippen molar-refractivity contribution in [2.75, 3.05) is 13.2 Å². The van der Waals surface area contributed by atoms with Gasteiger partial charge in [0.15, 0.2) is 0 Å². The van der Waals surface area contributed by atoms with Gasteiger partial charge in [-0.15, -0.1) is 0 Å². The summed E-state index contributed by atoms with van der Waals surface area (Å²) in [6, 6.07) is 7.96. The average molecular weight is 313 g/mol. The van der Waals surface area contributed by atoms with Crippen LogP contribution in [0, 0.1) is 0 Å². The maximum Gasteiger partial charge on any atom is 0.423 e. The van der Waals surface area contributed by atoms with E-state index in [4.69, 9.17) is 4.74 Å². The van der Waals surface area contributed by atoms with Crippen LogP contribution in [0.15, 0.2) is 35.2 Å². The molecular weight excluding hydrogens is 290 g/mol. The Balaban J connectivity index is 2.91. The number of nitrogens with zero attached hydrogens (tertiary/aromatic N) is 1. The van der Waals surface area contributed by atoms with Gasteiger partial charge in [0, 0.05) is 6.54 Å². The minimum atomic E-state index is -3.85. The van der Waals surface area contributed by atoms with E-state index in [9.17, 15) is 13.2 Å². The number of ether oxygens (including phenoxy) is 1. The molecule has 6 heteroatoms. The largest absolute Gasteiger partial charge is 0.449 e. The number of carbonyl (C=O) groups is 1. The van der Waals surface area contributed by atoms with Crippen LogP contribution < -0.4 is 0 Å². The van der Waals surface area contributed by atoms with Crippen molar-refractivity contribution < 1.29 is 17.9 Å². The van der Waals surface area contributed by atoms with Gasteiger partial charge in [-0.05, 0) is 25.5 Å². The first kappa shape index (κ1) is 17.5. The molecule has 118 valence electrons. The highest BCUT2D eigenvalue weighted by Crippen LogP contribution is 2.17. The smallest absolute Gasteiger partial charge is 0.423 e. The van der Waals surface area contributed by atoms with E-state index in [1.807, 2.05) is 0 Å². The third-order valence-electron chi connectivity index (χ3n) is 3.02. The van der Waals surface area contributed by atoms with E-state index in [0.717, 1.165) is 23.6 Å². The molecule has 1 amide bonds. The Morgan fingerprint density at radius 3 is 2.33 bits per heavy atom. The van der Waals surface area contributed by atoms with Crippen LogP contribution in [0.25, 0.3) is 0 Å². The molecule has 0 aliphatic rings. The minimum absolute atomic E-state index is 0.105. The summed E-state index contributed by atoms with van der Waals surface area (Å²) in [5.74, 6) is 0. The third-order valence-corrected chi connectivity index (χ3v) is 4.80. The van der Waals surface area contributed by atoms with Gasteiger partial charge in [-0.25, -0.2) is 17.5 Å². The lowest BCUT2D eigenvalue weighted by Crippen LogP contribution is -2.38. The first-order valence-electron chi connectivity index (χ1n) is 7.28. The second-order valence-electron chi connectivity index (χ2n) is 4.65. The second kappa shape index (κ2) is 8.67. The van der Waals surface area contributed by atoms with E-state index in [1.165, 1.54) is 12.1 Å². The van der Waals surface area contributed by atoms with Crippen molar-refractivity contribution >= 4 is 16.1 Å². The maximum atomic E-state index is 12.5. The second-order valence-corrected chi connectivity index (χ2v) is 6.51. The molecule has 0 unspecified atom stereocenters. The van der Waals surface area contributed by atoms with Crippen molar-refractivity contribution in [2.24, 2.45) is 0 Å². The van der Waals surface area contributed by atoms with Gasteiger partial charge >= 0.3 is 6.09 Å². The Hall–Kier alpha value is -1.56. The fourth-order valence-corrected chi connectivity index (χ4v) is 3.28. The molecule has 0 aromatic heterocycles. The fourth-order valence-electron chi connectivity index (χ4n) is 1.91. The Labute approximate surface area is 127 Å². The summed E-state index contributed by atoms with van der Waals surface area (Å²) in [5, 5.41) is 0. The quantitative estimate of drug-likeness (QED) is 0.690. The lowest BCUT2D eigenvalue weighted by molar-refractivity contribution is 0.130. The number of amides is 1. The molecule has 0 N–H and O–H groups in total. The van der Waals surface area contributed by atoms with Crippen LogP contribution in [0.4, 0.5) is 4.79 Å². The number of benzene rings is 1. The van der Waals surface area contributed by atoms with Crippen LogP contribution in [-0.4, -0.2) is 32.0 Å². The molecule has 0 saturated heterocycles. The van der Waals surface area contributed by atoms with Gasteiger partial charge in [-0.1, -0.05) is 44.4 Å². The SMILES string of the molecule is CCCCCCN(C(=O)OCC)S(=O)(=O)c1ccccc1. The lowest BCUT2D eigenvalue weighted by Gasteiger charge is -2.21. The molecule has 1 rings (SSSR count). The number of rotatable bonds is 8. The summed E-state index contributed by atoms with van der Waals surface area (Å²) in [5.41, 5.74) is 0. The van der Waals surface area contributed by atoms with Gasteiger partial charge in [-0.2, -0.15) is 0 Å². The van der Waals surface area contributed by atoms with Crippen molar-refractivity contribution in [1.29, 1.82) is 0 Å². The average Bonchev–Trinajstić information content (AvgIpc) is 2.48. The molecule has 0 radical (unpaired) electrons. The standard InChI is InChI=1S/C15H23NO4S/c1-3-5-6-10-13-16(15(17)20-4-2)21(18,19)14-11-8-7-9-12-14/h7-9,11-12H,3-6,10,13H2,1-2H3. The Kier molecular flexibility index (Phi) is 7.22. The highest BCUT2D eigenvalue weighted by molar-refractivity contribution is 7.89. The van der Waals surface area contributed by atoms with Crippen LogP contribution in [-0.2, 0) is 14.8 Å². The highest BCUT2D eigenvalue weighted by Gasteiger charge is 2.29. The molecule has 1 aromatic carbocycles. The zero-order valence-corrected chi connectivity index (χ0v) is 13.4. The fraction of sp³-hybridized carbons (Fsp3) is 0.533. The summed E-state index contributed by atoms with van der Waals surface area (Å²) in [6.45, 7) is 4.02. The highest BCUT2D eigenvalue weighted by atomic mass is 32.2. The van der Waals surface area contributed by atoms with E-state index in [0.29, 0.717) is 6.42 Å². The first-order chi connectivity index (χ1) is 10.0. The first-order valence-corrected chi connectivity index (χ1v) is 8.72. The van der Waals surface area contributed by atoms with Crippen LogP contribution in [0.1, 0.15) is 39.5 Å². The molecule has 0 aliphatic carbocycles. The minimum Gasteiger partial charge on any atom is -0.449 e. The molecule has 1 aromatic rings. The summed E-state index contributed by atoms with van der Waals surface area (Å²) >= 11 is 0. The summed E-state index contributed by atoms with van der Waals surface area (Å²) in [4.78, 5) is 12.1. The van der Waals surface area contributed by atoms with Crippen molar-refractivity contribution in [3.63, 3.8) is 0 Å². The lowest BCUT2D eigenvalue weighted by atomic mass is 10.2. The molecular formula is C15H23NO4S. The van der Waals surface area contributed by atoms with E-state index in [-0.39, 0.29) is 18.0 Å². The molecule has 5 nitrogen and oxygen atoms in total. The van der Waals surface area contributed by atoms with Gasteiger partial charge in [0.1, 0.15) is 0 Å². The predicted molar refractivity (Wildman–Crippen MR) is 81.5 cm³/mol.